The summed E-state index contributed by atoms with van der Waals surface area (Å²) in [6, 6.07) is 13.0. The number of benzene rings is 2. The van der Waals surface area contributed by atoms with Crippen molar-refractivity contribution in [2.24, 2.45) is 0 Å². The Hall–Kier alpha value is -3.56. The van der Waals surface area contributed by atoms with E-state index in [-0.39, 0.29) is 5.69 Å². The van der Waals surface area contributed by atoms with Crippen LogP contribution in [0.25, 0.3) is 32.9 Å². The fraction of sp³-hybridized carbons (Fsp3) is 0.414. The number of nitrogens with zero attached hydrogens (tertiary/aromatic N) is 6. The second-order valence-corrected chi connectivity index (χ2v) is 11.0. The Balaban J connectivity index is 1.40. The van der Waals surface area contributed by atoms with Crippen LogP contribution in [-0.4, -0.2) is 85.4 Å². The number of fused-ring (bicyclic) bond motifs is 4. The first-order valence-corrected chi connectivity index (χ1v) is 13.3. The van der Waals surface area contributed by atoms with E-state index in [0.29, 0.717) is 46.3 Å². The van der Waals surface area contributed by atoms with Crippen molar-refractivity contribution in [2.45, 2.75) is 31.0 Å². The zero-order valence-electron chi connectivity index (χ0n) is 22.0. The van der Waals surface area contributed by atoms with E-state index in [1.165, 1.54) is 0 Å². The van der Waals surface area contributed by atoms with Crippen molar-refractivity contribution >= 4 is 33.4 Å². The van der Waals surface area contributed by atoms with Crippen LogP contribution in [0.5, 0.6) is 5.75 Å². The molecule has 0 aliphatic carbocycles. The van der Waals surface area contributed by atoms with Crippen molar-refractivity contribution in [3.63, 3.8) is 0 Å². The summed E-state index contributed by atoms with van der Waals surface area (Å²) in [5, 5.41) is 6.23. The first-order chi connectivity index (χ1) is 18.5. The smallest absolute Gasteiger partial charge is 0.228 e. The number of halogens is 1. The predicted molar refractivity (Wildman–Crippen MR) is 149 cm³/mol. The number of aromatic nitrogens is 3. The highest BCUT2D eigenvalue weighted by molar-refractivity contribution is 6.00. The summed E-state index contributed by atoms with van der Waals surface area (Å²) in [6.45, 7) is 3.36. The number of anilines is 2. The minimum absolute atomic E-state index is 0.276. The van der Waals surface area contributed by atoms with E-state index in [1.54, 1.807) is 13.3 Å². The molecule has 2 atom stereocenters. The molecular formula is C29H32FN7O. The largest absolute Gasteiger partial charge is 0.497 e. The van der Waals surface area contributed by atoms with Crippen LogP contribution < -0.4 is 19.9 Å². The maximum Gasteiger partial charge on any atom is 0.228 e. The van der Waals surface area contributed by atoms with Crippen LogP contribution in [0.4, 0.5) is 16.2 Å². The minimum Gasteiger partial charge on any atom is -0.497 e. The molecule has 0 saturated carbocycles. The van der Waals surface area contributed by atoms with Crippen molar-refractivity contribution in [1.82, 2.24) is 25.2 Å². The van der Waals surface area contributed by atoms with Gasteiger partial charge in [-0.25, -0.2) is 9.37 Å². The number of rotatable bonds is 5. The van der Waals surface area contributed by atoms with E-state index >= 15 is 4.39 Å². The molecule has 3 aliphatic heterocycles. The molecule has 3 fully saturated rings. The lowest BCUT2D eigenvalue weighted by Crippen LogP contribution is -2.58. The SMILES string of the molecule is COc1cc(-c2ncc3c(N4CC5CCC(C4)N5)nc(N4CC(N(C)C)C4)nc3c2F)c2ccccc2c1. The molecule has 0 radical (unpaired) electrons. The lowest BCUT2D eigenvalue weighted by Gasteiger charge is -2.43. The first kappa shape index (κ1) is 23.5. The van der Waals surface area contributed by atoms with Crippen LogP contribution in [0.3, 0.4) is 0 Å². The average Bonchev–Trinajstić information content (AvgIpc) is 3.24. The predicted octanol–water partition coefficient (Wildman–Crippen LogP) is 3.68. The van der Waals surface area contributed by atoms with E-state index in [4.69, 9.17) is 14.7 Å². The Morgan fingerprint density at radius 2 is 1.74 bits per heavy atom. The molecule has 3 aliphatic rings. The highest BCUT2D eigenvalue weighted by atomic mass is 19.1. The van der Waals surface area contributed by atoms with E-state index in [0.717, 1.165) is 55.6 Å². The van der Waals surface area contributed by atoms with E-state index in [2.05, 4.69) is 39.1 Å². The number of methoxy groups -OCH3 is 1. The molecule has 8 nitrogen and oxygen atoms in total. The topological polar surface area (TPSA) is 69.7 Å². The number of hydrogen-bond acceptors (Lipinski definition) is 8. The molecule has 196 valence electrons. The quantitative estimate of drug-likeness (QED) is 0.434. The van der Waals surface area contributed by atoms with Crippen LogP contribution in [0.15, 0.2) is 42.6 Å². The molecule has 2 unspecified atom stereocenters. The molecule has 5 heterocycles. The zero-order valence-corrected chi connectivity index (χ0v) is 22.0. The highest BCUT2D eigenvalue weighted by Gasteiger charge is 2.36. The van der Waals surface area contributed by atoms with Gasteiger partial charge in [0.25, 0.3) is 0 Å². The van der Waals surface area contributed by atoms with Gasteiger partial charge in [0, 0.05) is 56.1 Å². The van der Waals surface area contributed by atoms with Gasteiger partial charge in [-0.2, -0.15) is 4.98 Å². The van der Waals surface area contributed by atoms with Gasteiger partial charge in [0.15, 0.2) is 5.82 Å². The lowest BCUT2D eigenvalue weighted by atomic mass is 10.00. The number of ether oxygens (including phenoxy) is 1. The van der Waals surface area contributed by atoms with Gasteiger partial charge in [-0.1, -0.05) is 24.3 Å². The van der Waals surface area contributed by atoms with Gasteiger partial charge in [-0.05, 0) is 49.8 Å². The average molecular weight is 514 g/mol. The molecule has 4 aromatic rings. The van der Waals surface area contributed by atoms with Crippen LogP contribution >= 0.6 is 0 Å². The molecule has 38 heavy (non-hydrogen) atoms. The summed E-state index contributed by atoms with van der Waals surface area (Å²) in [5.74, 6) is 1.61. The molecule has 1 N–H and O–H groups in total. The van der Waals surface area contributed by atoms with Gasteiger partial charge in [-0.15, -0.1) is 0 Å². The van der Waals surface area contributed by atoms with Gasteiger partial charge < -0.3 is 24.8 Å². The molecule has 0 spiro atoms. The first-order valence-electron chi connectivity index (χ1n) is 13.3. The van der Waals surface area contributed by atoms with Crippen molar-refractivity contribution in [3.8, 4) is 17.0 Å². The van der Waals surface area contributed by atoms with Gasteiger partial charge >= 0.3 is 0 Å². The second-order valence-electron chi connectivity index (χ2n) is 11.0. The summed E-state index contributed by atoms with van der Waals surface area (Å²) in [4.78, 5) is 21.2. The lowest BCUT2D eigenvalue weighted by molar-refractivity contribution is 0.245. The van der Waals surface area contributed by atoms with Crippen molar-refractivity contribution in [3.05, 3.63) is 48.4 Å². The normalized spacial score (nSPS) is 21.5. The number of pyridine rings is 1. The zero-order chi connectivity index (χ0) is 26.0. The van der Waals surface area contributed by atoms with Crippen molar-refractivity contribution in [1.29, 1.82) is 0 Å². The second kappa shape index (κ2) is 9.03. The molecule has 2 aromatic carbocycles. The maximum atomic E-state index is 16.6. The molecular weight excluding hydrogens is 481 g/mol. The van der Waals surface area contributed by atoms with E-state index in [9.17, 15) is 0 Å². The summed E-state index contributed by atoms with van der Waals surface area (Å²) in [6.07, 6.45) is 4.07. The Bertz CT molecular complexity index is 1520. The molecule has 7 rings (SSSR count). The monoisotopic (exact) mass is 513 g/mol. The summed E-state index contributed by atoms with van der Waals surface area (Å²) < 4.78 is 22.1. The van der Waals surface area contributed by atoms with Crippen molar-refractivity contribution in [2.75, 3.05) is 57.2 Å². The molecule has 0 amide bonds. The van der Waals surface area contributed by atoms with Crippen LogP contribution in [0.1, 0.15) is 12.8 Å². The number of likely N-dealkylation sites (N-methyl/N-ethyl adjacent to an activating group) is 1. The van der Waals surface area contributed by atoms with Crippen LogP contribution in [-0.2, 0) is 0 Å². The number of hydrogen-bond donors (Lipinski definition) is 1. The van der Waals surface area contributed by atoms with E-state index < -0.39 is 5.82 Å². The molecule has 3 saturated heterocycles. The van der Waals surface area contributed by atoms with Crippen molar-refractivity contribution < 1.29 is 9.13 Å². The summed E-state index contributed by atoms with van der Waals surface area (Å²) in [7, 11) is 5.79. The fourth-order valence-electron chi connectivity index (χ4n) is 6.11. The maximum absolute atomic E-state index is 16.6. The molecule has 2 bridgehead atoms. The van der Waals surface area contributed by atoms with E-state index in [1.807, 2.05) is 36.4 Å². The molecule has 9 heteroatoms. The fourth-order valence-corrected chi connectivity index (χ4v) is 6.11. The summed E-state index contributed by atoms with van der Waals surface area (Å²) >= 11 is 0. The minimum atomic E-state index is -0.423. The Morgan fingerprint density at radius 3 is 2.47 bits per heavy atom. The Kier molecular flexibility index (Phi) is 5.59. The molecule has 2 aromatic heterocycles. The third-order valence-corrected chi connectivity index (χ3v) is 8.37. The van der Waals surface area contributed by atoms with Crippen LogP contribution in [0, 0.1) is 5.82 Å². The van der Waals surface area contributed by atoms with Gasteiger partial charge in [-0.3, -0.25) is 4.98 Å². The Labute approximate surface area is 221 Å². The summed E-state index contributed by atoms with van der Waals surface area (Å²) in [5.41, 5.74) is 1.29. The standard InChI is InChI=1S/C29H32FN7O/c1-35(2)20-15-37(16-20)29-33-27-24(28(34-29)36-13-18-8-9-19(14-36)32-18)12-31-26(25(27)30)23-11-21(38-3)10-17-6-4-5-7-22(17)23/h4-7,10-12,18-20,32H,8-9,13-16H2,1-3H3. The van der Waals surface area contributed by atoms with Gasteiger partial charge in [0.1, 0.15) is 22.8 Å². The van der Waals surface area contributed by atoms with Gasteiger partial charge in [0.2, 0.25) is 5.95 Å². The number of piperazine rings is 1. The third kappa shape index (κ3) is 3.84. The highest BCUT2D eigenvalue weighted by Crippen LogP contribution is 2.38. The Morgan fingerprint density at radius 1 is 0.974 bits per heavy atom. The number of nitrogens with one attached hydrogen (secondary N) is 1. The van der Waals surface area contributed by atoms with Crippen LogP contribution in [0.2, 0.25) is 0 Å². The van der Waals surface area contributed by atoms with Gasteiger partial charge in [0.05, 0.1) is 12.5 Å². The third-order valence-electron chi connectivity index (χ3n) is 8.37.